The number of sulfonamides is 1. The Bertz CT molecular complexity index is 553. The number of halogens is 2. The molecule has 98 valence electrons. The molecule has 1 N–H and O–H groups in total. The number of rotatable bonds is 6. The predicted molar refractivity (Wildman–Crippen MR) is 76.5 cm³/mol. The summed E-state index contributed by atoms with van der Waals surface area (Å²) in [7, 11) is -3.51. The Morgan fingerprint density at radius 3 is 2.67 bits per heavy atom. The molecule has 0 amide bonds. The lowest BCUT2D eigenvalue weighted by Crippen LogP contribution is -2.25. The van der Waals surface area contributed by atoms with Crippen molar-refractivity contribution in [1.29, 1.82) is 5.26 Å². The lowest BCUT2D eigenvalue weighted by atomic mass is 10.2. The van der Waals surface area contributed by atoms with E-state index >= 15 is 0 Å². The Labute approximate surface area is 124 Å². The van der Waals surface area contributed by atoms with Crippen molar-refractivity contribution in [2.45, 2.75) is 24.2 Å². The van der Waals surface area contributed by atoms with Gasteiger partial charge in [-0.25, -0.2) is 13.1 Å². The maximum absolute atomic E-state index is 12.0. The number of nitriles is 1. The molecule has 0 saturated heterocycles. The highest BCUT2D eigenvalue weighted by atomic mass is 79.9. The monoisotopic (exact) mass is 394 g/mol. The second-order valence-corrected chi connectivity index (χ2v) is 7.09. The fraction of sp³-hybridized carbons (Fsp3) is 0.364. The maximum atomic E-state index is 12.0. The number of nitrogens with one attached hydrogen (secondary N) is 1. The number of hydrogen-bond acceptors (Lipinski definition) is 3. The van der Waals surface area contributed by atoms with Crippen molar-refractivity contribution in [3.8, 4) is 6.07 Å². The molecule has 0 heterocycles. The third kappa shape index (κ3) is 4.69. The first-order valence-electron chi connectivity index (χ1n) is 5.29. The standard InChI is InChI=1S/C11H12Br2N2O2S/c12-9-4-5-10(13)11(8-9)18(16,17)15-7-3-1-2-6-14/h4-5,8,15H,1-3,7H2. The first kappa shape index (κ1) is 15.6. The third-order valence-electron chi connectivity index (χ3n) is 2.19. The van der Waals surface area contributed by atoms with Gasteiger partial charge in [0.25, 0.3) is 0 Å². The highest BCUT2D eigenvalue weighted by Gasteiger charge is 2.17. The topological polar surface area (TPSA) is 70.0 Å². The van der Waals surface area contributed by atoms with Gasteiger partial charge in [0.05, 0.1) is 11.0 Å². The molecule has 0 aliphatic rings. The average Bonchev–Trinajstić information content (AvgIpc) is 2.32. The summed E-state index contributed by atoms with van der Waals surface area (Å²) in [5.41, 5.74) is 0. The zero-order valence-corrected chi connectivity index (χ0v) is 13.5. The summed E-state index contributed by atoms with van der Waals surface area (Å²) in [6.45, 7) is 0.336. The molecule has 0 spiro atoms. The molecular weight excluding hydrogens is 384 g/mol. The van der Waals surface area contributed by atoms with Gasteiger partial charge in [-0.15, -0.1) is 0 Å². The quantitative estimate of drug-likeness (QED) is 0.752. The van der Waals surface area contributed by atoms with E-state index in [1.165, 1.54) is 0 Å². The van der Waals surface area contributed by atoms with Gasteiger partial charge < -0.3 is 0 Å². The van der Waals surface area contributed by atoms with Gasteiger partial charge in [-0.05, 0) is 47.0 Å². The molecule has 0 bridgehead atoms. The molecule has 1 rings (SSSR count). The van der Waals surface area contributed by atoms with Crippen molar-refractivity contribution < 1.29 is 8.42 Å². The molecule has 0 fully saturated rings. The van der Waals surface area contributed by atoms with Crippen molar-refractivity contribution in [2.75, 3.05) is 6.54 Å². The Morgan fingerprint density at radius 2 is 2.00 bits per heavy atom. The van der Waals surface area contributed by atoms with Gasteiger partial charge in [0.15, 0.2) is 0 Å². The lowest BCUT2D eigenvalue weighted by molar-refractivity contribution is 0.576. The molecule has 0 saturated carbocycles. The highest BCUT2D eigenvalue weighted by Crippen LogP contribution is 2.25. The second kappa shape index (κ2) is 7.24. The van der Waals surface area contributed by atoms with Crippen LogP contribution in [0.4, 0.5) is 0 Å². The van der Waals surface area contributed by atoms with Crippen molar-refractivity contribution in [2.24, 2.45) is 0 Å². The van der Waals surface area contributed by atoms with Crippen molar-refractivity contribution in [3.05, 3.63) is 27.1 Å². The minimum Gasteiger partial charge on any atom is -0.211 e. The molecule has 0 atom stereocenters. The summed E-state index contributed by atoms with van der Waals surface area (Å²) in [5.74, 6) is 0. The van der Waals surface area contributed by atoms with E-state index in [9.17, 15) is 8.42 Å². The lowest BCUT2D eigenvalue weighted by Gasteiger charge is -2.08. The summed E-state index contributed by atoms with van der Waals surface area (Å²) >= 11 is 6.46. The van der Waals surface area contributed by atoms with E-state index in [-0.39, 0.29) is 4.90 Å². The van der Waals surface area contributed by atoms with Gasteiger partial charge in [-0.2, -0.15) is 5.26 Å². The molecule has 0 aliphatic heterocycles. The molecule has 1 aromatic carbocycles. The van der Waals surface area contributed by atoms with E-state index < -0.39 is 10.0 Å². The Hall–Kier alpha value is -0.420. The third-order valence-corrected chi connectivity index (χ3v) is 5.14. The molecular formula is C11H12Br2N2O2S. The summed E-state index contributed by atoms with van der Waals surface area (Å²) in [4.78, 5) is 0.206. The minimum absolute atomic E-state index is 0.206. The fourth-order valence-electron chi connectivity index (χ4n) is 1.30. The van der Waals surface area contributed by atoms with Crippen LogP contribution in [0.3, 0.4) is 0 Å². The summed E-state index contributed by atoms with van der Waals surface area (Å²) in [6.07, 6.45) is 1.79. The van der Waals surface area contributed by atoms with E-state index in [1.54, 1.807) is 18.2 Å². The van der Waals surface area contributed by atoms with Crippen LogP contribution < -0.4 is 4.72 Å². The van der Waals surface area contributed by atoms with Crippen LogP contribution in [-0.2, 0) is 10.0 Å². The number of benzene rings is 1. The van der Waals surface area contributed by atoms with E-state index in [0.717, 1.165) is 0 Å². The van der Waals surface area contributed by atoms with Crippen LogP contribution in [0.5, 0.6) is 0 Å². The van der Waals surface area contributed by atoms with Gasteiger partial charge in [0.1, 0.15) is 0 Å². The Morgan fingerprint density at radius 1 is 1.28 bits per heavy atom. The summed E-state index contributed by atoms with van der Waals surface area (Å²) in [5, 5.41) is 8.37. The smallest absolute Gasteiger partial charge is 0.211 e. The predicted octanol–water partition coefficient (Wildman–Crippen LogP) is 3.18. The van der Waals surface area contributed by atoms with Gasteiger partial charge >= 0.3 is 0 Å². The zero-order valence-electron chi connectivity index (χ0n) is 9.49. The van der Waals surface area contributed by atoms with Crippen LogP contribution in [-0.4, -0.2) is 15.0 Å². The average molecular weight is 396 g/mol. The molecule has 0 aromatic heterocycles. The molecule has 18 heavy (non-hydrogen) atoms. The largest absolute Gasteiger partial charge is 0.241 e. The molecule has 0 radical (unpaired) electrons. The van der Waals surface area contributed by atoms with Crippen LogP contribution in [0.1, 0.15) is 19.3 Å². The Balaban J connectivity index is 2.69. The maximum Gasteiger partial charge on any atom is 0.241 e. The van der Waals surface area contributed by atoms with Gasteiger partial charge in [-0.1, -0.05) is 15.9 Å². The molecule has 0 aliphatic carbocycles. The molecule has 1 aromatic rings. The van der Waals surface area contributed by atoms with Crippen molar-refractivity contribution in [1.82, 2.24) is 4.72 Å². The van der Waals surface area contributed by atoms with Gasteiger partial charge in [-0.3, -0.25) is 0 Å². The second-order valence-electron chi connectivity index (χ2n) is 3.59. The first-order valence-corrected chi connectivity index (χ1v) is 8.36. The first-order chi connectivity index (χ1) is 8.47. The van der Waals surface area contributed by atoms with E-state index in [2.05, 4.69) is 36.6 Å². The van der Waals surface area contributed by atoms with E-state index in [0.29, 0.717) is 34.8 Å². The SMILES string of the molecule is N#CCCCCNS(=O)(=O)c1cc(Br)ccc1Br. The van der Waals surface area contributed by atoms with Crippen LogP contribution in [0.2, 0.25) is 0 Å². The van der Waals surface area contributed by atoms with E-state index in [4.69, 9.17) is 5.26 Å². The van der Waals surface area contributed by atoms with Crippen molar-refractivity contribution >= 4 is 41.9 Å². The number of nitrogens with zero attached hydrogens (tertiary/aromatic N) is 1. The van der Waals surface area contributed by atoms with E-state index in [1.807, 2.05) is 6.07 Å². The van der Waals surface area contributed by atoms with Crippen molar-refractivity contribution in [3.63, 3.8) is 0 Å². The zero-order chi connectivity index (χ0) is 13.6. The molecule has 4 nitrogen and oxygen atoms in total. The summed E-state index contributed by atoms with van der Waals surface area (Å²) < 4.78 is 27.8. The number of hydrogen-bond donors (Lipinski definition) is 1. The highest BCUT2D eigenvalue weighted by molar-refractivity contribution is 9.11. The normalized spacial score (nSPS) is 11.2. The molecule has 0 unspecified atom stereocenters. The molecule has 7 heteroatoms. The van der Waals surface area contributed by atoms with Crippen LogP contribution >= 0.6 is 31.9 Å². The van der Waals surface area contributed by atoms with Crippen LogP contribution in [0.15, 0.2) is 32.0 Å². The summed E-state index contributed by atoms with van der Waals surface area (Å²) in [6, 6.07) is 7.00. The van der Waals surface area contributed by atoms with Crippen LogP contribution in [0.25, 0.3) is 0 Å². The minimum atomic E-state index is -3.51. The van der Waals surface area contributed by atoms with Crippen LogP contribution in [0, 0.1) is 11.3 Å². The fourth-order valence-corrected chi connectivity index (χ4v) is 3.87. The van der Waals surface area contributed by atoms with Gasteiger partial charge in [0.2, 0.25) is 10.0 Å². The number of unbranched alkanes of at least 4 members (excludes halogenated alkanes) is 2. The van der Waals surface area contributed by atoms with Gasteiger partial charge in [0, 0.05) is 21.9 Å². The Kier molecular flexibility index (Phi) is 6.29.